The van der Waals surface area contributed by atoms with Crippen molar-refractivity contribution in [3.8, 4) is 0 Å². The van der Waals surface area contributed by atoms with E-state index in [4.69, 9.17) is 0 Å². The summed E-state index contributed by atoms with van der Waals surface area (Å²) in [6.07, 6.45) is -5.92. The molecular weight excluding hydrogens is 215 g/mol. The van der Waals surface area contributed by atoms with Crippen LogP contribution < -0.4 is 0 Å². The number of benzene rings is 1. The van der Waals surface area contributed by atoms with E-state index in [0.717, 1.165) is 18.2 Å². The number of hydrogen-bond acceptors (Lipinski definition) is 0. The Morgan fingerprint density at radius 3 is 2.47 bits per heavy atom. The predicted molar refractivity (Wildman–Crippen MR) is 43.6 cm³/mol. The second kappa shape index (κ2) is 2.93. The zero-order chi connectivity index (χ0) is 11.3. The summed E-state index contributed by atoms with van der Waals surface area (Å²) in [5.41, 5.74) is -4.11. The molecule has 15 heavy (non-hydrogen) atoms. The van der Waals surface area contributed by atoms with Gasteiger partial charge in [-0.3, -0.25) is 0 Å². The lowest BCUT2D eigenvalue weighted by molar-refractivity contribution is -0.234. The lowest BCUT2D eigenvalue weighted by Crippen LogP contribution is -2.35. The molecule has 0 aliphatic heterocycles. The minimum absolute atomic E-state index is 0.155. The molecule has 0 N–H and O–H groups in total. The third-order valence-electron chi connectivity index (χ3n) is 2.71. The van der Waals surface area contributed by atoms with Crippen molar-refractivity contribution in [2.24, 2.45) is 0 Å². The summed E-state index contributed by atoms with van der Waals surface area (Å²) < 4.78 is 64.2. The molecule has 0 saturated carbocycles. The first-order chi connectivity index (χ1) is 6.86. The number of halogens is 5. The average Bonchev–Trinajstić information content (AvgIpc) is 2.46. The van der Waals surface area contributed by atoms with Gasteiger partial charge in [-0.2, -0.15) is 13.2 Å². The molecule has 1 aromatic carbocycles. The number of rotatable bonds is 0. The summed E-state index contributed by atoms with van der Waals surface area (Å²) in [6.45, 7) is 0. The maximum Gasteiger partial charge on any atom is 0.426 e. The van der Waals surface area contributed by atoms with Crippen LogP contribution in [0, 0.1) is 5.82 Å². The minimum atomic E-state index is -4.98. The summed E-state index contributed by atoms with van der Waals surface area (Å²) in [7, 11) is 0. The standard InChI is InChI=1S/C10H7F5/c11-8-3-1-2-7-6(8)4-5-9(7,12)10(13,14)15/h1-3H,4-5H2. The highest BCUT2D eigenvalue weighted by Gasteiger charge is 2.60. The zero-order valence-corrected chi connectivity index (χ0v) is 7.54. The van der Waals surface area contributed by atoms with Gasteiger partial charge in [-0.1, -0.05) is 12.1 Å². The molecule has 0 bridgehead atoms. The first-order valence-corrected chi connectivity index (χ1v) is 4.40. The molecule has 0 spiro atoms. The Balaban J connectivity index is 2.58. The lowest BCUT2D eigenvalue weighted by Gasteiger charge is -2.23. The largest absolute Gasteiger partial charge is 0.426 e. The van der Waals surface area contributed by atoms with Gasteiger partial charge in [0, 0.05) is 5.56 Å². The molecule has 1 aliphatic rings. The first kappa shape index (κ1) is 10.4. The van der Waals surface area contributed by atoms with Crippen LogP contribution in [0.25, 0.3) is 0 Å². The van der Waals surface area contributed by atoms with Crippen LogP contribution in [0.5, 0.6) is 0 Å². The average molecular weight is 222 g/mol. The third kappa shape index (κ3) is 1.33. The Morgan fingerprint density at radius 1 is 1.20 bits per heavy atom. The molecule has 2 rings (SSSR count). The van der Waals surface area contributed by atoms with Crippen LogP contribution in [0.3, 0.4) is 0 Å². The molecule has 0 saturated heterocycles. The smallest absolute Gasteiger partial charge is 0.229 e. The summed E-state index contributed by atoms with van der Waals surface area (Å²) in [6, 6.07) is 3.14. The van der Waals surface area contributed by atoms with Gasteiger partial charge in [-0.05, 0) is 24.5 Å². The fourth-order valence-corrected chi connectivity index (χ4v) is 1.91. The predicted octanol–water partition coefficient (Wildman–Crippen LogP) is 3.50. The van der Waals surface area contributed by atoms with E-state index in [2.05, 4.69) is 0 Å². The molecule has 0 radical (unpaired) electrons. The molecule has 0 fully saturated rings. The molecule has 0 nitrogen and oxygen atoms in total. The first-order valence-electron chi connectivity index (χ1n) is 4.40. The second-order valence-electron chi connectivity index (χ2n) is 3.56. The van der Waals surface area contributed by atoms with Crippen LogP contribution >= 0.6 is 0 Å². The van der Waals surface area contributed by atoms with Gasteiger partial charge in [0.05, 0.1) is 0 Å². The maximum absolute atomic E-state index is 13.7. The highest BCUT2D eigenvalue weighted by molar-refractivity contribution is 5.39. The molecule has 1 atom stereocenters. The van der Waals surface area contributed by atoms with E-state index >= 15 is 0 Å². The second-order valence-corrected chi connectivity index (χ2v) is 3.56. The number of fused-ring (bicyclic) bond motifs is 1. The summed E-state index contributed by atoms with van der Waals surface area (Å²) >= 11 is 0. The summed E-state index contributed by atoms with van der Waals surface area (Å²) in [4.78, 5) is 0. The molecule has 0 heterocycles. The van der Waals surface area contributed by atoms with Crippen molar-refractivity contribution in [1.29, 1.82) is 0 Å². The van der Waals surface area contributed by atoms with E-state index in [1.807, 2.05) is 0 Å². The van der Waals surface area contributed by atoms with Crippen molar-refractivity contribution in [1.82, 2.24) is 0 Å². The Morgan fingerprint density at radius 2 is 1.87 bits per heavy atom. The van der Waals surface area contributed by atoms with Crippen molar-refractivity contribution in [2.45, 2.75) is 24.7 Å². The minimum Gasteiger partial charge on any atom is -0.229 e. The SMILES string of the molecule is Fc1cccc2c1CCC2(F)C(F)(F)F. The fourth-order valence-electron chi connectivity index (χ4n) is 1.91. The zero-order valence-electron chi connectivity index (χ0n) is 7.54. The molecular formula is C10H7F5. The summed E-state index contributed by atoms with van der Waals surface area (Å²) in [5.74, 6) is -0.767. The molecule has 5 heteroatoms. The molecule has 1 unspecified atom stereocenters. The van der Waals surface area contributed by atoms with E-state index in [-0.39, 0.29) is 12.0 Å². The van der Waals surface area contributed by atoms with Gasteiger partial charge in [0.2, 0.25) is 5.67 Å². The van der Waals surface area contributed by atoms with Crippen LogP contribution in [-0.4, -0.2) is 6.18 Å². The Bertz CT molecular complexity index is 395. The highest BCUT2D eigenvalue weighted by Crippen LogP contribution is 2.51. The van der Waals surface area contributed by atoms with Gasteiger partial charge in [0.1, 0.15) is 5.82 Å². The normalized spacial score (nSPS) is 25.4. The molecule has 1 aromatic rings. The maximum atomic E-state index is 13.7. The Kier molecular flexibility index (Phi) is 2.03. The van der Waals surface area contributed by atoms with Crippen LogP contribution in [0.2, 0.25) is 0 Å². The fraction of sp³-hybridized carbons (Fsp3) is 0.400. The van der Waals surface area contributed by atoms with Crippen molar-refractivity contribution >= 4 is 0 Å². The van der Waals surface area contributed by atoms with E-state index in [9.17, 15) is 22.0 Å². The molecule has 0 aromatic heterocycles. The Hall–Kier alpha value is -1.13. The highest BCUT2D eigenvalue weighted by atomic mass is 19.4. The van der Waals surface area contributed by atoms with Crippen LogP contribution in [-0.2, 0) is 12.1 Å². The van der Waals surface area contributed by atoms with Crippen molar-refractivity contribution in [2.75, 3.05) is 0 Å². The van der Waals surface area contributed by atoms with Crippen LogP contribution in [0.1, 0.15) is 17.5 Å². The van der Waals surface area contributed by atoms with Crippen LogP contribution in [0.4, 0.5) is 22.0 Å². The lowest BCUT2D eigenvalue weighted by atomic mass is 9.97. The van der Waals surface area contributed by atoms with Gasteiger partial charge < -0.3 is 0 Å². The topological polar surface area (TPSA) is 0 Å². The molecule has 82 valence electrons. The van der Waals surface area contributed by atoms with E-state index in [1.54, 1.807) is 0 Å². The van der Waals surface area contributed by atoms with Gasteiger partial charge in [-0.25, -0.2) is 8.78 Å². The molecule has 0 amide bonds. The molecule has 1 aliphatic carbocycles. The quantitative estimate of drug-likeness (QED) is 0.589. The number of alkyl halides is 4. The van der Waals surface area contributed by atoms with Gasteiger partial charge in [0.15, 0.2) is 0 Å². The van der Waals surface area contributed by atoms with E-state index in [0.29, 0.717) is 0 Å². The number of hydrogen-bond donors (Lipinski definition) is 0. The van der Waals surface area contributed by atoms with Gasteiger partial charge in [-0.15, -0.1) is 0 Å². The van der Waals surface area contributed by atoms with Gasteiger partial charge in [0.25, 0.3) is 0 Å². The third-order valence-corrected chi connectivity index (χ3v) is 2.71. The summed E-state index contributed by atoms with van der Waals surface area (Å²) in [5, 5.41) is 0. The van der Waals surface area contributed by atoms with Crippen molar-refractivity contribution < 1.29 is 22.0 Å². The monoisotopic (exact) mass is 222 g/mol. The van der Waals surface area contributed by atoms with E-state index < -0.39 is 29.6 Å². The van der Waals surface area contributed by atoms with Crippen molar-refractivity contribution in [3.05, 3.63) is 35.1 Å². The van der Waals surface area contributed by atoms with Crippen molar-refractivity contribution in [3.63, 3.8) is 0 Å². The van der Waals surface area contributed by atoms with Gasteiger partial charge >= 0.3 is 6.18 Å². The van der Waals surface area contributed by atoms with Crippen LogP contribution in [0.15, 0.2) is 18.2 Å². The van der Waals surface area contributed by atoms with E-state index in [1.165, 1.54) is 0 Å². The Labute approximate surface area is 82.7 Å².